The maximum Gasteiger partial charge on any atom is 0.0527 e. The summed E-state index contributed by atoms with van der Waals surface area (Å²) in [5.41, 5.74) is 1.24. The van der Waals surface area contributed by atoms with E-state index in [-0.39, 0.29) is 12.0 Å². The highest BCUT2D eigenvalue weighted by atomic mass is 16.3. The van der Waals surface area contributed by atoms with Crippen LogP contribution in [0.5, 0.6) is 0 Å². The zero-order valence-electron chi connectivity index (χ0n) is 10.7. The maximum atomic E-state index is 9.74. The molecule has 0 aliphatic rings. The molecule has 90 valence electrons. The largest absolute Gasteiger partial charge is 0.395 e. The minimum atomic E-state index is -0.0362. The zero-order chi connectivity index (χ0) is 12.0. The van der Waals surface area contributed by atoms with Gasteiger partial charge in [0.25, 0.3) is 0 Å². The molecule has 16 heavy (non-hydrogen) atoms. The van der Waals surface area contributed by atoms with Crippen molar-refractivity contribution in [3.8, 4) is 0 Å². The SMILES string of the molecule is CCC(CO)(CCC(C)C)c1ccccc1. The Labute approximate surface area is 99.5 Å². The van der Waals surface area contributed by atoms with Crippen LogP contribution in [0.2, 0.25) is 0 Å². The normalized spacial score (nSPS) is 15.1. The van der Waals surface area contributed by atoms with Crippen LogP contribution in [-0.4, -0.2) is 11.7 Å². The van der Waals surface area contributed by atoms with Gasteiger partial charge in [-0.05, 0) is 24.3 Å². The lowest BCUT2D eigenvalue weighted by Crippen LogP contribution is -2.30. The van der Waals surface area contributed by atoms with Crippen molar-refractivity contribution < 1.29 is 5.11 Å². The van der Waals surface area contributed by atoms with Crippen LogP contribution in [0.3, 0.4) is 0 Å². The second kappa shape index (κ2) is 6.05. The molecule has 0 spiro atoms. The van der Waals surface area contributed by atoms with Crippen LogP contribution in [0.15, 0.2) is 30.3 Å². The fourth-order valence-electron chi connectivity index (χ4n) is 2.16. The summed E-state index contributed by atoms with van der Waals surface area (Å²) in [6.07, 6.45) is 3.24. The van der Waals surface area contributed by atoms with Crippen molar-refractivity contribution >= 4 is 0 Å². The fourth-order valence-corrected chi connectivity index (χ4v) is 2.16. The van der Waals surface area contributed by atoms with E-state index >= 15 is 0 Å². The highest BCUT2D eigenvalue weighted by Crippen LogP contribution is 2.33. The van der Waals surface area contributed by atoms with Gasteiger partial charge in [0.05, 0.1) is 6.61 Å². The van der Waals surface area contributed by atoms with E-state index in [2.05, 4.69) is 45.0 Å². The lowest BCUT2D eigenvalue weighted by molar-refractivity contribution is 0.171. The monoisotopic (exact) mass is 220 g/mol. The summed E-state index contributed by atoms with van der Waals surface area (Å²) < 4.78 is 0. The molecule has 0 radical (unpaired) electrons. The van der Waals surface area contributed by atoms with Crippen LogP contribution in [0.1, 0.15) is 45.6 Å². The topological polar surface area (TPSA) is 20.2 Å². The lowest BCUT2D eigenvalue weighted by atomic mass is 9.74. The van der Waals surface area contributed by atoms with Crippen LogP contribution in [-0.2, 0) is 5.41 Å². The Kier molecular flexibility index (Phi) is 5.01. The van der Waals surface area contributed by atoms with Crippen molar-refractivity contribution in [1.82, 2.24) is 0 Å². The molecule has 0 amide bonds. The third-order valence-corrected chi connectivity index (χ3v) is 3.57. The highest BCUT2D eigenvalue weighted by Gasteiger charge is 2.29. The molecule has 0 saturated heterocycles. The van der Waals surface area contributed by atoms with Crippen molar-refractivity contribution in [3.05, 3.63) is 35.9 Å². The average molecular weight is 220 g/mol. The van der Waals surface area contributed by atoms with E-state index in [1.165, 1.54) is 12.0 Å². The Morgan fingerprint density at radius 1 is 1.19 bits per heavy atom. The molecule has 1 rings (SSSR count). The summed E-state index contributed by atoms with van der Waals surface area (Å²) in [4.78, 5) is 0. The lowest BCUT2D eigenvalue weighted by Gasteiger charge is -2.32. The summed E-state index contributed by atoms with van der Waals surface area (Å²) >= 11 is 0. The number of hydrogen-bond acceptors (Lipinski definition) is 1. The van der Waals surface area contributed by atoms with Gasteiger partial charge in [-0.3, -0.25) is 0 Å². The zero-order valence-corrected chi connectivity index (χ0v) is 10.7. The Bertz CT molecular complexity index is 286. The molecule has 1 aromatic rings. The van der Waals surface area contributed by atoms with Crippen molar-refractivity contribution in [3.63, 3.8) is 0 Å². The molecule has 0 heterocycles. The predicted octanol–water partition coefficient (Wildman–Crippen LogP) is 3.76. The van der Waals surface area contributed by atoms with Gasteiger partial charge < -0.3 is 5.11 Å². The molecule has 1 heteroatoms. The molecule has 1 atom stereocenters. The van der Waals surface area contributed by atoms with Gasteiger partial charge in [0.15, 0.2) is 0 Å². The van der Waals surface area contributed by atoms with Crippen LogP contribution >= 0.6 is 0 Å². The van der Waals surface area contributed by atoms with Gasteiger partial charge in [-0.2, -0.15) is 0 Å². The smallest absolute Gasteiger partial charge is 0.0527 e. The molecule has 0 aliphatic carbocycles. The molecule has 0 aromatic heterocycles. The molecule has 1 nitrogen and oxygen atoms in total. The summed E-state index contributed by atoms with van der Waals surface area (Å²) in [7, 11) is 0. The van der Waals surface area contributed by atoms with E-state index in [1.807, 2.05) is 6.07 Å². The van der Waals surface area contributed by atoms with Crippen LogP contribution in [0.4, 0.5) is 0 Å². The van der Waals surface area contributed by atoms with E-state index in [9.17, 15) is 5.11 Å². The fraction of sp³-hybridized carbons (Fsp3) is 0.600. The summed E-state index contributed by atoms with van der Waals surface area (Å²) in [6.45, 7) is 6.90. The average Bonchev–Trinajstić information content (AvgIpc) is 2.32. The first-order chi connectivity index (χ1) is 7.64. The molecule has 0 bridgehead atoms. The summed E-state index contributed by atoms with van der Waals surface area (Å²) in [5.74, 6) is 0.696. The Balaban J connectivity index is 2.87. The first-order valence-electron chi connectivity index (χ1n) is 6.31. The molecule has 0 aliphatic heterocycles. The van der Waals surface area contributed by atoms with Crippen LogP contribution < -0.4 is 0 Å². The third-order valence-electron chi connectivity index (χ3n) is 3.57. The molecule has 1 aromatic carbocycles. The van der Waals surface area contributed by atoms with Crippen molar-refractivity contribution in [2.75, 3.05) is 6.61 Å². The quantitative estimate of drug-likeness (QED) is 0.774. The maximum absolute atomic E-state index is 9.74. The van der Waals surface area contributed by atoms with Crippen LogP contribution in [0, 0.1) is 5.92 Å². The van der Waals surface area contributed by atoms with E-state index in [0.29, 0.717) is 5.92 Å². The van der Waals surface area contributed by atoms with Gasteiger partial charge in [0, 0.05) is 5.41 Å². The van der Waals surface area contributed by atoms with Crippen molar-refractivity contribution in [2.24, 2.45) is 5.92 Å². The van der Waals surface area contributed by atoms with Gasteiger partial charge in [-0.15, -0.1) is 0 Å². The Morgan fingerprint density at radius 2 is 1.81 bits per heavy atom. The molecule has 0 fully saturated rings. The van der Waals surface area contributed by atoms with Gasteiger partial charge >= 0.3 is 0 Å². The number of rotatable bonds is 6. The molecule has 0 saturated carbocycles. The molecular formula is C15H24O. The summed E-state index contributed by atoms with van der Waals surface area (Å²) in [5, 5.41) is 9.74. The number of aliphatic hydroxyl groups is 1. The van der Waals surface area contributed by atoms with Gasteiger partial charge in [0.2, 0.25) is 0 Å². The predicted molar refractivity (Wildman–Crippen MR) is 69.6 cm³/mol. The van der Waals surface area contributed by atoms with E-state index in [4.69, 9.17) is 0 Å². The standard InChI is InChI=1S/C15H24O/c1-4-15(12-16,11-10-13(2)3)14-8-6-5-7-9-14/h5-9,13,16H,4,10-12H2,1-3H3. The Morgan fingerprint density at radius 3 is 2.25 bits per heavy atom. The minimum absolute atomic E-state index is 0.0362. The highest BCUT2D eigenvalue weighted by molar-refractivity contribution is 5.25. The first kappa shape index (κ1) is 13.2. The van der Waals surface area contributed by atoms with Gasteiger partial charge in [0.1, 0.15) is 0 Å². The van der Waals surface area contributed by atoms with Gasteiger partial charge in [-0.1, -0.05) is 57.5 Å². The molecule has 1 N–H and O–H groups in total. The van der Waals surface area contributed by atoms with Crippen molar-refractivity contribution in [1.29, 1.82) is 0 Å². The second-order valence-electron chi connectivity index (χ2n) is 5.09. The minimum Gasteiger partial charge on any atom is -0.395 e. The third kappa shape index (κ3) is 3.08. The summed E-state index contributed by atoms with van der Waals surface area (Å²) in [6, 6.07) is 10.4. The number of hydrogen-bond donors (Lipinski definition) is 1. The van der Waals surface area contributed by atoms with Gasteiger partial charge in [-0.25, -0.2) is 0 Å². The number of aliphatic hydroxyl groups excluding tert-OH is 1. The second-order valence-corrected chi connectivity index (χ2v) is 5.09. The van der Waals surface area contributed by atoms with E-state index < -0.39 is 0 Å². The molecule has 1 unspecified atom stereocenters. The Hall–Kier alpha value is -0.820. The number of benzene rings is 1. The van der Waals surface area contributed by atoms with Crippen LogP contribution in [0.25, 0.3) is 0 Å². The molecular weight excluding hydrogens is 196 g/mol. The van der Waals surface area contributed by atoms with E-state index in [0.717, 1.165) is 12.8 Å². The van der Waals surface area contributed by atoms with E-state index in [1.54, 1.807) is 0 Å². The van der Waals surface area contributed by atoms with Crippen molar-refractivity contribution in [2.45, 2.75) is 45.4 Å². The first-order valence-corrected chi connectivity index (χ1v) is 6.31.